The van der Waals surface area contributed by atoms with E-state index >= 15 is 0 Å². The highest BCUT2D eigenvalue weighted by molar-refractivity contribution is 7.91. The van der Waals surface area contributed by atoms with Gasteiger partial charge in [0, 0.05) is 5.56 Å². The molecule has 0 atom stereocenters. The van der Waals surface area contributed by atoms with Crippen molar-refractivity contribution in [2.24, 2.45) is 0 Å². The van der Waals surface area contributed by atoms with Crippen LogP contribution < -0.4 is 0 Å². The number of imidazole rings is 2. The fourth-order valence-electron chi connectivity index (χ4n) is 4.43. The van der Waals surface area contributed by atoms with Crippen molar-refractivity contribution in [3.63, 3.8) is 0 Å². The Morgan fingerprint density at radius 1 is 0.784 bits per heavy atom. The number of carbonyl (C=O) groups is 2. The fourth-order valence-corrected chi connectivity index (χ4v) is 5.74. The summed E-state index contributed by atoms with van der Waals surface area (Å²) in [7, 11) is -4.21. The number of aromatic nitrogens is 4. The second-order valence-corrected chi connectivity index (χ2v) is 9.81. The molecule has 0 aliphatic carbocycles. The SMILES string of the molecule is [C-]#[N+]c1nc2n(c1[N+]#[C-])C(=O)c1cc(S(=O)(=O)c3ccc4c(c3)-c3nc(C#N)c(C#N)n3C4=O)ccc1-2. The van der Waals surface area contributed by atoms with E-state index < -0.39 is 21.7 Å². The van der Waals surface area contributed by atoms with Gasteiger partial charge in [-0.05, 0) is 36.4 Å². The lowest BCUT2D eigenvalue weighted by Gasteiger charge is -2.07. The fraction of sp³-hybridized carbons (Fsp3) is 0. The van der Waals surface area contributed by atoms with Crippen LogP contribution in [0.2, 0.25) is 0 Å². The second-order valence-electron chi connectivity index (χ2n) is 7.86. The maximum atomic E-state index is 13.5. The van der Waals surface area contributed by atoms with Gasteiger partial charge in [-0.2, -0.15) is 15.1 Å². The lowest BCUT2D eigenvalue weighted by atomic mass is 10.1. The van der Waals surface area contributed by atoms with Crippen LogP contribution in [0.5, 0.6) is 0 Å². The molecule has 0 unspecified atom stereocenters. The van der Waals surface area contributed by atoms with Crippen LogP contribution in [0.1, 0.15) is 32.1 Å². The molecule has 2 aliphatic rings. The summed E-state index contributed by atoms with van der Waals surface area (Å²) in [5, 5.41) is 18.6. The molecule has 13 heteroatoms. The third-order valence-electron chi connectivity index (χ3n) is 6.09. The van der Waals surface area contributed by atoms with Crippen LogP contribution in [0.25, 0.3) is 32.5 Å². The van der Waals surface area contributed by atoms with Crippen molar-refractivity contribution in [2.45, 2.75) is 9.79 Å². The zero-order valence-electron chi connectivity index (χ0n) is 18.1. The summed E-state index contributed by atoms with van der Waals surface area (Å²) in [6, 6.07) is 11.1. The molecule has 12 nitrogen and oxygen atoms in total. The van der Waals surface area contributed by atoms with Crippen molar-refractivity contribution in [1.29, 1.82) is 10.5 Å². The predicted octanol–water partition coefficient (Wildman–Crippen LogP) is 3.10. The molecule has 2 aromatic carbocycles. The topological polar surface area (TPSA) is 160 Å². The normalized spacial score (nSPS) is 12.5. The molecule has 6 rings (SSSR count). The third-order valence-corrected chi connectivity index (χ3v) is 7.84. The third kappa shape index (κ3) is 2.58. The van der Waals surface area contributed by atoms with Gasteiger partial charge in [0.15, 0.2) is 17.2 Å². The molecular weight excluding hydrogens is 496 g/mol. The largest absolute Gasteiger partial charge is 0.372 e. The van der Waals surface area contributed by atoms with Crippen LogP contribution in [-0.4, -0.2) is 39.3 Å². The minimum atomic E-state index is -4.21. The summed E-state index contributed by atoms with van der Waals surface area (Å²) in [5.74, 6) is -1.67. The van der Waals surface area contributed by atoms with Crippen LogP contribution in [-0.2, 0) is 9.84 Å². The van der Waals surface area contributed by atoms with E-state index in [2.05, 4.69) is 19.7 Å². The Balaban J connectivity index is 1.47. The Hall–Kier alpha value is -5.89. The molecule has 0 saturated heterocycles. The maximum absolute atomic E-state index is 13.5. The Morgan fingerprint density at radius 2 is 1.41 bits per heavy atom. The first-order valence-electron chi connectivity index (χ1n) is 10.2. The molecular formula is C24H6N8O4S. The zero-order chi connectivity index (χ0) is 26.2. The van der Waals surface area contributed by atoms with E-state index in [-0.39, 0.29) is 61.2 Å². The summed E-state index contributed by atoms with van der Waals surface area (Å²) in [6.45, 7) is 14.5. The molecule has 4 heterocycles. The molecule has 2 aromatic heterocycles. The maximum Gasteiger partial charge on any atom is 0.333 e. The molecule has 0 saturated carbocycles. The van der Waals surface area contributed by atoms with Gasteiger partial charge in [0.2, 0.25) is 9.84 Å². The summed E-state index contributed by atoms with van der Waals surface area (Å²) in [4.78, 5) is 39.9. The lowest BCUT2D eigenvalue weighted by molar-refractivity contribution is 0.0961. The Morgan fingerprint density at radius 3 is 2.03 bits per heavy atom. The molecule has 0 N–H and O–H groups in total. The number of hydrogen-bond acceptors (Lipinski definition) is 8. The van der Waals surface area contributed by atoms with Gasteiger partial charge in [-0.25, -0.2) is 22.8 Å². The smallest absolute Gasteiger partial charge is 0.333 e. The summed E-state index contributed by atoms with van der Waals surface area (Å²) >= 11 is 0. The van der Waals surface area contributed by atoms with Crippen molar-refractivity contribution >= 4 is 33.3 Å². The Kier molecular flexibility index (Phi) is 4.13. The standard InChI is InChI=1S/C24H6N8O4S/c1-27-19-22(28-2)32-20(30-19)13-5-3-12(8-16(13)24(32)34)37(35,36)11-4-6-14-15(7-11)21-29-17(9-25)18(10-26)31(21)23(14)33/h3-8H. The first-order valence-corrected chi connectivity index (χ1v) is 11.7. The molecule has 0 bridgehead atoms. The first-order chi connectivity index (χ1) is 17.8. The highest BCUT2D eigenvalue weighted by Gasteiger charge is 2.40. The molecule has 0 fully saturated rings. The van der Waals surface area contributed by atoms with E-state index in [1.165, 1.54) is 36.4 Å². The van der Waals surface area contributed by atoms with Gasteiger partial charge in [0.05, 0.1) is 26.5 Å². The number of hydrogen-bond donors (Lipinski definition) is 0. The van der Waals surface area contributed by atoms with E-state index in [0.29, 0.717) is 5.56 Å². The van der Waals surface area contributed by atoms with Crippen molar-refractivity contribution in [3.05, 3.63) is 81.7 Å². The van der Waals surface area contributed by atoms with E-state index in [9.17, 15) is 28.5 Å². The number of sulfone groups is 1. The zero-order valence-corrected chi connectivity index (χ0v) is 18.9. The molecule has 0 spiro atoms. The molecule has 2 aliphatic heterocycles. The number of carbonyl (C=O) groups excluding carboxylic acids is 2. The number of rotatable bonds is 2. The first kappa shape index (κ1) is 21.6. The van der Waals surface area contributed by atoms with Crippen LogP contribution in [0.15, 0.2) is 46.2 Å². The van der Waals surface area contributed by atoms with Crippen LogP contribution in [0, 0.1) is 35.8 Å². The predicted molar refractivity (Wildman–Crippen MR) is 122 cm³/mol. The van der Waals surface area contributed by atoms with Crippen molar-refractivity contribution in [3.8, 4) is 34.9 Å². The van der Waals surface area contributed by atoms with Crippen LogP contribution in [0.3, 0.4) is 0 Å². The number of benzene rings is 2. The van der Waals surface area contributed by atoms with Gasteiger partial charge < -0.3 is 9.69 Å². The monoisotopic (exact) mass is 502 g/mol. The van der Waals surface area contributed by atoms with Crippen molar-refractivity contribution in [2.75, 3.05) is 0 Å². The van der Waals surface area contributed by atoms with E-state index in [4.69, 9.17) is 13.1 Å². The van der Waals surface area contributed by atoms with Gasteiger partial charge >= 0.3 is 11.7 Å². The van der Waals surface area contributed by atoms with Crippen LogP contribution in [0.4, 0.5) is 11.6 Å². The Labute approximate surface area is 207 Å². The number of nitriles is 2. The quantitative estimate of drug-likeness (QED) is 0.326. The van der Waals surface area contributed by atoms with E-state index in [0.717, 1.165) is 9.13 Å². The Bertz CT molecular complexity index is 2090. The van der Waals surface area contributed by atoms with Gasteiger partial charge in [-0.15, -0.1) is 0 Å². The molecule has 4 aromatic rings. The second kappa shape index (κ2) is 7.06. The molecule has 0 radical (unpaired) electrons. The van der Waals surface area contributed by atoms with Gasteiger partial charge in [-0.1, -0.05) is 18.1 Å². The summed E-state index contributed by atoms with van der Waals surface area (Å²) in [5.41, 5.74) is 0.0826. The minimum Gasteiger partial charge on any atom is -0.372 e. The van der Waals surface area contributed by atoms with Gasteiger partial charge in [-0.3, -0.25) is 4.79 Å². The molecule has 37 heavy (non-hydrogen) atoms. The number of fused-ring (bicyclic) bond motifs is 6. The highest BCUT2D eigenvalue weighted by atomic mass is 32.2. The van der Waals surface area contributed by atoms with Gasteiger partial charge in [0.1, 0.15) is 12.1 Å². The van der Waals surface area contributed by atoms with E-state index in [1.807, 2.05) is 0 Å². The number of nitrogens with zero attached hydrogens (tertiary/aromatic N) is 8. The molecule has 0 amide bonds. The average Bonchev–Trinajstić information content (AvgIpc) is 3.62. The lowest BCUT2D eigenvalue weighted by Crippen LogP contribution is -2.09. The highest BCUT2D eigenvalue weighted by Crippen LogP contribution is 2.42. The van der Waals surface area contributed by atoms with Crippen molar-refractivity contribution < 1.29 is 18.0 Å². The van der Waals surface area contributed by atoms with Crippen molar-refractivity contribution in [1.82, 2.24) is 19.1 Å². The average molecular weight is 502 g/mol. The molecule has 172 valence electrons. The van der Waals surface area contributed by atoms with E-state index in [1.54, 1.807) is 12.1 Å². The van der Waals surface area contributed by atoms with Crippen LogP contribution >= 0.6 is 0 Å². The summed E-state index contributed by atoms with van der Waals surface area (Å²) in [6.07, 6.45) is 0. The van der Waals surface area contributed by atoms with Gasteiger partial charge in [0.25, 0.3) is 17.5 Å². The summed E-state index contributed by atoms with van der Waals surface area (Å²) < 4.78 is 29.0. The minimum absolute atomic E-state index is 0.00853.